The van der Waals surface area contributed by atoms with E-state index in [-0.39, 0.29) is 24.0 Å². The van der Waals surface area contributed by atoms with Gasteiger partial charge in [-0.3, -0.25) is 9.79 Å². The van der Waals surface area contributed by atoms with Gasteiger partial charge in [0, 0.05) is 11.3 Å². The molecule has 0 amide bonds. The number of carbonyl (C=O) groups excluding carboxylic acids is 1. The summed E-state index contributed by atoms with van der Waals surface area (Å²) in [5.41, 5.74) is 0.136. The number of hydrogen-bond acceptors (Lipinski definition) is 6. The van der Waals surface area contributed by atoms with Gasteiger partial charge in [0.15, 0.2) is 5.78 Å². The van der Waals surface area contributed by atoms with Crippen LogP contribution in [0.2, 0.25) is 0 Å². The van der Waals surface area contributed by atoms with Crippen molar-refractivity contribution in [1.29, 1.82) is 0 Å². The molecule has 0 spiro atoms. The van der Waals surface area contributed by atoms with Crippen molar-refractivity contribution >= 4 is 44.1 Å². The van der Waals surface area contributed by atoms with Crippen LogP contribution in [0.25, 0.3) is 10.2 Å². The van der Waals surface area contributed by atoms with E-state index in [1.54, 1.807) is 24.3 Å². The molecule has 150 valence electrons. The van der Waals surface area contributed by atoms with Gasteiger partial charge in [0.25, 0.3) is 0 Å². The normalized spacial score (nSPS) is 16.8. The zero-order valence-corrected chi connectivity index (χ0v) is 16.8. The van der Waals surface area contributed by atoms with Crippen LogP contribution >= 0.6 is 23.1 Å². The highest BCUT2D eigenvalue weighted by molar-refractivity contribution is 8.15. The van der Waals surface area contributed by atoms with Crippen molar-refractivity contribution in [3.63, 3.8) is 0 Å². The van der Waals surface area contributed by atoms with E-state index in [0.29, 0.717) is 11.5 Å². The Morgan fingerprint density at radius 3 is 2.76 bits per heavy atom. The van der Waals surface area contributed by atoms with Crippen LogP contribution in [0.1, 0.15) is 23.1 Å². The number of aromatic nitrogens is 1. The first-order valence-corrected chi connectivity index (χ1v) is 10.5. The monoisotopic (exact) mass is 436 g/mol. The van der Waals surface area contributed by atoms with E-state index in [1.807, 2.05) is 0 Å². The summed E-state index contributed by atoms with van der Waals surface area (Å²) in [5.74, 6) is 1.11. The van der Waals surface area contributed by atoms with E-state index in [4.69, 9.17) is 4.74 Å². The SMILES string of the molecule is CC(=O)C1CSC(c2nc3ccc(OCc4ccccc4C(F)(F)F)cc3s2)=N1. The molecule has 1 unspecified atom stereocenters. The molecule has 0 fully saturated rings. The summed E-state index contributed by atoms with van der Waals surface area (Å²) in [4.78, 5) is 20.5. The Labute approximate surface area is 172 Å². The molecule has 9 heteroatoms. The third-order valence-corrected chi connectivity index (χ3v) is 6.59. The summed E-state index contributed by atoms with van der Waals surface area (Å²) in [7, 11) is 0. The van der Waals surface area contributed by atoms with E-state index < -0.39 is 11.7 Å². The number of fused-ring (bicyclic) bond motifs is 1. The number of ether oxygens (including phenoxy) is 1. The van der Waals surface area contributed by atoms with Crippen molar-refractivity contribution < 1.29 is 22.7 Å². The number of thiazole rings is 1. The quantitative estimate of drug-likeness (QED) is 0.541. The molecule has 1 aromatic heterocycles. The van der Waals surface area contributed by atoms with Crippen LogP contribution in [0, 0.1) is 0 Å². The van der Waals surface area contributed by atoms with E-state index >= 15 is 0 Å². The van der Waals surface area contributed by atoms with Crippen molar-refractivity contribution in [2.45, 2.75) is 25.7 Å². The van der Waals surface area contributed by atoms with Gasteiger partial charge in [-0.25, -0.2) is 4.98 Å². The molecule has 0 bridgehead atoms. The summed E-state index contributed by atoms with van der Waals surface area (Å²) >= 11 is 2.92. The smallest absolute Gasteiger partial charge is 0.416 e. The molecule has 1 atom stereocenters. The Morgan fingerprint density at radius 2 is 2.03 bits per heavy atom. The summed E-state index contributed by atoms with van der Waals surface area (Å²) < 4.78 is 45.8. The van der Waals surface area contributed by atoms with E-state index in [9.17, 15) is 18.0 Å². The maximum Gasteiger partial charge on any atom is 0.416 e. The molecule has 0 N–H and O–H groups in total. The van der Waals surface area contributed by atoms with Crippen molar-refractivity contribution in [3.8, 4) is 5.75 Å². The third-order valence-electron chi connectivity index (χ3n) is 4.38. The van der Waals surface area contributed by atoms with Crippen molar-refractivity contribution in [2.75, 3.05) is 5.75 Å². The number of nitrogens with zero attached hydrogens (tertiary/aromatic N) is 2. The average Bonchev–Trinajstić information content (AvgIpc) is 3.32. The molecular formula is C20H15F3N2O2S2. The van der Waals surface area contributed by atoms with Crippen LogP contribution in [0.15, 0.2) is 47.5 Å². The van der Waals surface area contributed by atoms with Crippen LogP contribution in [0.5, 0.6) is 5.75 Å². The van der Waals surface area contributed by atoms with Crippen molar-refractivity contribution in [1.82, 2.24) is 4.98 Å². The lowest BCUT2D eigenvalue weighted by molar-refractivity contribution is -0.138. The zero-order chi connectivity index (χ0) is 20.6. The number of ketones is 1. The lowest BCUT2D eigenvalue weighted by atomic mass is 10.1. The summed E-state index contributed by atoms with van der Waals surface area (Å²) in [6.45, 7) is 1.34. The predicted molar refractivity (Wildman–Crippen MR) is 109 cm³/mol. The van der Waals surface area contributed by atoms with Gasteiger partial charge in [-0.1, -0.05) is 18.2 Å². The average molecular weight is 436 g/mol. The van der Waals surface area contributed by atoms with Gasteiger partial charge in [-0.15, -0.1) is 23.1 Å². The number of halogens is 3. The molecular weight excluding hydrogens is 421 g/mol. The van der Waals surface area contributed by atoms with E-state index in [1.165, 1.54) is 42.2 Å². The van der Waals surface area contributed by atoms with E-state index in [0.717, 1.165) is 26.3 Å². The molecule has 1 aliphatic heterocycles. The predicted octanol–water partition coefficient (Wildman–Crippen LogP) is 5.35. The Morgan fingerprint density at radius 1 is 1.24 bits per heavy atom. The van der Waals surface area contributed by atoms with Gasteiger partial charge in [0.2, 0.25) is 0 Å². The van der Waals surface area contributed by atoms with Crippen LogP contribution < -0.4 is 4.74 Å². The minimum absolute atomic E-state index is 0.0310. The summed E-state index contributed by atoms with van der Waals surface area (Å²) in [6, 6.07) is 10.3. The second kappa shape index (κ2) is 7.79. The van der Waals surface area contributed by atoms with Gasteiger partial charge in [0.05, 0.1) is 15.8 Å². The Kier molecular flexibility index (Phi) is 5.35. The number of alkyl halides is 3. The first-order valence-electron chi connectivity index (χ1n) is 8.71. The van der Waals surface area contributed by atoms with Crippen LogP contribution in [-0.4, -0.2) is 27.6 Å². The van der Waals surface area contributed by atoms with Crippen molar-refractivity contribution in [3.05, 3.63) is 58.6 Å². The van der Waals surface area contributed by atoms with Crippen molar-refractivity contribution in [2.24, 2.45) is 4.99 Å². The second-order valence-electron chi connectivity index (χ2n) is 6.46. The number of aliphatic imine (C=N–C) groups is 1. The van der Waals surface area contributed by atoms with E-state index in [2.05, 4.69) is 9.98 Å². The molecule has 29 heavy (non-hydrogen) atoms. The van der Waals surface area contributed by atoms with Crippen LogP contribution in [0.3, 0.4) is 0 Å². The number of thioether (sulfide) groups is 1. The fourth-order valence-corrected chi connectivity index (χ4v) is 5.05. The molecule has 0 aliphatic carbocycles. The maximum absolute atomic E-state index is 13.1. The molecule has 4 nitrogen and oxygen atoms in total. The van der Waals surface area contributed by atoms with Gasteiger partial charge < -0.3 is 4.74 Å². The fraction of sp³-hybridized carbons (Fsp3) is 0.250. The molecule has 2 aromatic carbocycles. The number of hydrogen-bond donors (Lipinski definition) is 0. The second-order valence-corrected chi connectivity index (χ2v) is 8.50. The highest BCUT2D eigenvalue weighted by Gasteiger charge is 2.33. The van der Waals surface area contributed by atoms with Gasteiger partial charge in [-0.05, 0) is 31.2 Å². The molecule has 4 rings (SSSR count). The number of carbonyl (C=O) groups is 1. The molecule has 1 aliphatic rings. The van der Waals surface area contributed by atoms with Gasteiger partial charge in [0.1, 0.15) is 28.4 Å². The molecule has 0 saturated heterocycles. The molecule has 0 radical (unpaired) electrons. The Bertz CT molecular complexity index is 1110. The fourth-order valence-electron chi connectivity index (χ4n) is 2.87. The molecule has 0 saturated carbocycles. The summed E-state index contributed by atoms with van der Waals surface area (Å²) in [6.07, 6.45) is -4.42. The van der Waals surface area contributed by atoms with Gasteiger partial charge >= 0.3 is 6.18 Å². The number of benzene rings is 2. The Balaban J connectivity index is 1.54. The van der Waals surface area contributed by atoms with Crippen LogP contribution in [0.4, 0.5) is 13.2 Å². The summed E-state index contributed by atoms with van der Waals surface area (Å²) in [5, 5.41) is 1.47. The highest BCUT2D eigenvalue weighted by Crippen LogP contribution is 2.34. The Hall–Kier alpha value is -2.39. The largest absolute Gasteiger partial charge is 0.489 e. The minimum Gasteiger partial charge on any atom is -0.489 e. The highest BCUT2D eigenvalue weighted by atomic mass is 32.2. The maximum atomic E-state index is 13.1. The molecule has 2 heterocycles. The lowest BCUT2D eigenvalue weighted by Gasteiger charge is -2.13. The molecule has 3 aromatic rings. The van der Waals surface area contributed by atoms with Gasteiger partial charge in [-0.2, -0.15) is 13.2 Å². The standard InChI is InChI=1S/C20H15F3N2O2S2/c1-11(26)16-10-28-18(25-16)19-24-15-7-6-13(8-17(15)29-19)27-9-12-4-2-3-5-14(12)20(21,22)23/h2-8,16H,9-10H2,1H3. The lowest BCUT2D eigenvalue weighted by Crippen LogP contribution is -2.14. The minimum atomic E-state index is -4.42. The number of Topliss-reactive ketones (excluding diaryl/α,β-unsaturated/α-hetero) is 1. The zero-order valence-electron chi connectivity index (χ0n) is 15.2. The van der Waals surface area contributed by atoms with Crippen LogP contribution in [-0.2, 0) is 17.6 Å². The first-order chi connectivity index (χ1) is 13.8. The third kappa shape index (κ3) is 4.30. The first kappa shape index (κ1) is 19.9. The number of rotatable bonds is 5. The topological polar surface area (TPSA) is 51.5 Å².